The fraction of sp³-hybridized carbons (Fsp3) is 0.593. The zero-order valence-corrected chi connectivity index (χ0v) is 23.1. The summed E-state index contributed by atoms with van der Waals surface area (Å²) in [6.07, 6.45) is -1.51. The lowest BCUT2D eigenvalue weighted by atomic mass is 9.81. The summed E-state index contributed by atoms with van der Waals surface area (Å²) in [5.41, 5.74) is 0.949. The van der Waals surface area contributed by atoms with Crippen molar-refractivity contribution in [2.24, 2.45) is 5.92 Å². The molecule has 42 heavy (non-hydrogen) atoms. The van der Waals surface area contributed by atoms with Gasteiger partial charge in [0.1, 0.15) is 24.2 Å². The van der Waals surface area contributed by atoms with Crippen molar-refractivity contribution in [1.29, 1.82) is 0 Å². The number of aromatic nitrogens is 2. The molecule has 3 atom stereocenters. The summed E-state index contributed by atoms with van der Waals surface area (Å²) in [5, 5.41) is 10.9. The van der Waals surface area contributed by atoms with Crippen LogP contribution in [0.4, 0.5) is 32.6 Å². The molecule has 1 saturated heterocycles. The molecule has 4 rings (SSSR count). The van der Waals surface area contributed by atoms with E-state index < -0.39 is 73.4 Å². The van der Waals surface area contributed by atoms with Crippen LogP contribution in [0.1, 0.15) is 80.0 Å². The van der Waals surface area contributed by atoms with Gasteiger partial charge in [0.2, 0.25) is 11.8 Å². The van der Waals surface area contributed by atoms with Crippen molar-refractivity contribution in [3.8, 4) is 0 Å². The first-order valence-corrected chi connectivity index (χ1v) is 13.9. The maximum Gasteiger partial charge on any atom is 0.410 e. The fourth-order valence-corrected chi connectivity index (χ4v) is 5.41. The predicted octanol–water partition coefficient (Wildman–Crippen LogP) is 4.99. The van der Waals surface area contributed by atoms with Crippen LogP contribution in [0.25, 0.3) is 0 Å². The van der Waals surface area contributed by atoms with Gasteiger partial charge in [-0.1, -0.05) is 25.4 Å². The Bertz CT molecular complexity index is 1280. The van der Waals surface area contributed by atoms with Crippen LogP contribution in [0.15, 0.2) is 29.1 Å². The number of urea groups is 1. The quantitative estimate of drug-likeness (QED) is 0.330. The average molecular weight is 601 g/mol. The standard InChI is InChI=1S/C27H33F5N6O4/c1-3-5-18(38-13-19(27(30,31)32)34-25(38)41)17-8-11-33-20(12-17)35-23(39)21(16-6-9-26(28,29)10-7-16)36-24(40)22-15(4-2)14-42-37-22/h8,11-12,14,16,18-19,21H,3-7,9-10,13H2,1-2H3,(H,34,41)(H,36,40)(H,33,35,39)/t18-,19+,21+/m1/s1. The molecular weight excluding hydrogens is 567 g/mol. The molecule has 1 aliphatic heterocycles. The second kappa shape index (κ2) is 12.6. The van der Waals surface area contributed by atoms with Crippen LogP contribution in [0, 0.1) is 5.92 Å². The number of alkyl halides is 5. The van der Waals surface area contributed by atoms with Gasteiger partial charge in [-0.25, -0.2) is 18.6 Å². The first kappa shape index (κ1) is 31.2. The molecule has 0 radical (unpaired) electrons. The number of nitrogens with one attached hydrogen (secondary N) is 3. The number of anilines is 1. The number of carbonyl (C=O) groups excluding carboxylic acids is 3. The number of pyridine rings is 1. The van der Waals surface area contributed by atoms with Crippen LogP contribution in [0.3, 0.4) is 0 Å². The van der Waals surface area contributed by atoms with Crippen molar-refractivity contribution >= 4 is 23.7 Å². The van der Waals surface area contributed by atoms with Crippen molar-refractivity contribution in [3.63, 3.8) is 0 Å². The Morgan fingerprint density at radius 1 is 1.24 bits per heavy atom. The molecule has 2 aliphatic rings. The third-order valence-electron chi connectivity index (χ3n) is 7.73. The zero-order chi connectivity index (χ0) is 30.7. The summed E-state index contributed by atoms with van der Waals surface area (Å²) in [7, 11) is 0. The van der Waals surface area contributed by atoms with E-state index in [0.29, 0.717) is 30.4 Å². The molecule has 1 aliphatic carbocycles. The van der Waals surface area contributed by atoms with Crippen LogP contribution in [-0.2, 0) is 11.2 Å². The summed E-state index contributed by atoms with van der Waals surface area (Å²) >= 11 is 0. The Labute approximate surface area is 238 Å². The minimum Gasteiger partial charge on any atom is -0.364 e. The van der Waals surface area contributed by atoms with Gasteiger partial charge in [0.05, 0.1) is 12.6 Å². The zero-order valence-electron chi connectivity index (χ0n) is 23.1. The van der Waals surface area contributed by atoms with Gasteiger partial charge >= 0.3 is 12.2 Å². The van der Waals surface area contributed by atoms with E-state index in [1.807, 2.05) is 12.2 Å². The molecule has 3 N–H and O–H groups in total. The van der Waals surface area contributed by atoms with Crippen LogP contribution in [0.5, 0.6) is 0 Å². The highest BCUT2D eigenvalue weighted by molar-refractivity contribution is 6.00. The average Bonchev–Trinajstić information content (AvgIpc) is 3.57. The maximum atomic E-state index is 13.9. The smallest absolute Gasteiger partial charge is 0.364 e. The van der Waals surface area contributed by atoms with E-state index in [1.165, 1.54) is 18.5 Å². The lowest BCUT2D eigenvalue weighted by Gasteiger charge is -2.33. The van der Waals surface area contributed by atoms with Crippen molar-refractivity contribution in [2.45, 2.75) is 89.0 Å². The van der Waals surface area contributed by atoms with Gasteiger partial charge in [-0.2, -0.15) is 13.2 Å². The molecule has 2 fully saturated rings. The van der Waals surface area contributed by atoms with Crippen molar-refractivity contribution in [3.05, 3.63) is 41.4 Å². The van der Waals surface area contributed by atoms with E-state index in [1.54, 1.807) is 13.0 Å². The molecule has 1 saturated carbocycles. The lowest BCUT2D eigenvalue weighted by Crippen LogP contribution is -2.50. The number of halogens is 5. The van der Waals surface area contributed by atoms with Crippen LogP contribution in [0.2, 0.25) is 0 Å². The lowest BCUT2D eigenvalue weighted by molar-refractivity contribution is -0.150. The highest BCUT2D eigenvalue weighted by Crippen LogP contribution is 2.38. The summed E-state index contributed by atoms with van der Waals surface area (Å²) in [6.45, 7) is 3.04. The van der Waals surface area contributed by atoms with E-state index in [0.717, 1.165) is 4.90 Å². The van der Waals surface area contributed by atoms with Crippen molar-refractivity contribution < 1.29 is 40.9 Å². The first-order chi connectivity index (χ1) is 19.8. The largest absolute Gasteiger partial charge is 0.410 e. The molecule has 15 heteroatoms. The molecule has 4 amide bonds. The molecule has 230 valence electrons. The third-order valence-corrected chi connectivity index (χ3v) is 7.73. The Hall–Kier alpha value is -3.78. The normalized spacial score (nSPS) is 20.6. The molecule has 2 aromatic rings. The minimum atomic E-state index is -4.61. The van der Waals surface area contributed by atoms with Gasteiger partial charge in [-0.15, -0.1) is 0 Å². The van der Waals surface area contributed by atoms with Gasteiger partial charge in [0, 0.05) is 24.6 Å². The second-order valence-corrected chi connectivity index (χ2v) is 10.7. The van der Waals surface area contributed by atoms with Gasteiger partial charge in [-0.3, -0.25) is 9.59 Å². The molecule has 0 unspecified atom stereocenters. The number of rotatable bonds is 10. The van der Waals surface area contributed by atoms with Gasteiger partial charge in [0.15, 0.2) is 5.69 Å². The maximum absolute atomic E-state index is 13.9. The Morgan fingerprint density at radius 2 is 1.95 bits per heavy atom. The summed E-state index contributed by atoms with van der Waals surface area (Å²) < 4.78 is 72.5. The predicted molar refractivity (Wildman–Crippen MR) is 140 cm³/mol. The summed E-state index contributed by atoms with van der Waals surface area (Å²) in [6, 6.07) is -1.79. The number of nitrogens with zero attached hydrogens (tertiary/aromatic N) is 3. The number of carbonyl (C=O) groups is 3. The van der Waals surface area contributed by atoms with E-state index in [2.05, 4.69) is 20.8 Å². The molecule has 10 nitrogen and oxygen atoms in total. The van der Waals surface area contributed by atoms with E-state index in [-0.39, 0.29) is 24.4 Å². The Morgan fingerprint density at radius 3 is 2.57 bits per heavy atom. The summed E-state index contributed by atoms with van der Waals surface area (Å²) in [5.74, 6) is -4.83. The molecule has 2 aromatic heterocycles. The van der Waals surface area contributed by atoms with Gasteiger partial charge in [-0.05, 0) is 49.3 Å². The second-order valence-electron chi connectivity index (χ2n) is 10.7. The van der Waals surface area contributed by atoms with Crippen molar-refractivity contribution in [2.75, 3.05) is 11.9 Å². The molecular formula is C27H33F5N6O4. The van der Waals surface area contributed by atoms with Crippen LogP contribution < -0.4 is 16.0 Å². The Kier molecular flexibility index (Phi) is 9.36. The molecule has 0 spiro atoms. The number of hydrogen-bond acceptors (Lipinski definition) is 6. The van der Waals surface area contributed by atoms with Gasteiger partial charge in [0.25, 0.3) is 5.91 Å². The molecule has 3 heterocycles. The third kappa shape index (κ3) is 7.16. The number of amides is 4. The van der Waals surface area contributed by atoms with Crippen molar-refractivity contribution in [1.82, 2.24) is 25.7 Å². The van der Waals surface area contributed by atoms with E-state index >= 15 is 0 Å². The van der Waals surface area contributed by atoms with E-state index in [4.69, 9.17) is 4.52 Å². The minimum absolute atomic E-state index is 0.0126. The van der Waals surface area contributed by atoms with Crippen LogP contribution in [-0.4, -0.2) is 63.6 Å². The summed E-state index contributed by atoms with van der Waals surface area (Å²) in [4.78, 5) is 44.2. The first-order valence-electron chi connectivity index (χ1n) is 13.9. The Balaban J connectivity index is 1.55. The SMILES string of the molecule is CCC[C@H](c1ccnc(NC(=O)[C@@H](NC(=O)c2nocc2CC)C2CCC(F)(F)CC2)c1)N1C[C@@H](C(F)(F)F)NC1=O. The van der Waals surface area contributed by atoms with E-state index in [9.17, 15) is 36.3 Å². The topological polar surface area (TPSA) is 129 Å². The fourth-order valence-electron chi connectivity index (χ4n) is 5.41. The number of hydrogen-bond donors (Lipinski definition) is 3. The molecule has 0 aromatic carbocycles. The van der Waals surface area contributed by atoms with Gasteiger partial charge < -0.3 is 25.4 Å². The molecule has 0 bridgehead atoms. The highest BCUT2D eigenvalue weighted by atomic mass is 19.4. The monoisotopic (exact) mass is 600 g/mol. The van der Waals surface area contributed by atoms with Crippen LogP contribution >= 0.6 is 0 Å². The number of aryl methyl sites for hydroxylation is 1. The highest BCUT2D eigenvalue weighted by Gasteiger charge is 2.48.